The molecule has 0 fully saturated rings. The molecule has 0 atom stereocenters. The van der Waals surface area contributed by atoms with Crippen LogP contribution >= 0.6 is 0 Å². The maximum Gasteiger partial charge on any atom is 0.405 e. The molecule has 0 spiro atoms. The van der Waals surface area contributed by atoms with Crippen LogP contribution in [0.2, 0.25) is 0 Å². The zero-order valence-electron chi connectivity index (χ0n) is 9.35. The molecule has 100 valence electrons. The number of halogens is 4. The molecule has 0 bridgehead atoms. The van der Waals surface area contributed by atoms with Crippen LogP contribution in [-0.4, -0.2) is 25.2 Å². The summed E-state index contributed by atoms with van der Waals surface area (Å²) in [5.74, 6) is -1.11. The fraction of sp³-hybridized carbons (Fsp3) is 0.364. The van der Waals surface area contributed by atoms with E-state index in [1.165, 1.54) is 24.3 Å². The average molecular weight is 264 g/mol. The van der Waals surface area contributed by atoms with Gasteiger partial charge in [-0.3, -0.25) is 4.79 Å². The maximum atomic E-state index is 12.6. The number of hydrogen-bond acceptors (Lipinski definition) is 2. The van der Waals surface area contributed by atoms with E-state index in [0.29, 0.717) is 0 Å². The van der Waals surface area contributed by atoms with Gasteiger partial charge in [-0.25, -0.2) is 4.39 Å². The Hall–Kier alpha value is -1.63. The molecule has 0 aliphatic rings. The van der Waals surface area contributed by atoms with Crippen LogP contribution in [-0.2, 0) is 11.3 Å². The van der Waals surface area contributed by atoms with Gasteiger partial charge in [-0.05, 0) is 17.7 Å². The minimum Gasteiger partial charge on any atom is -0.346 e. The summed E-state index contributed by atoms with van der Waals surface area (Å²) in [4.78, 5) is 11.0. The van der Waals surface area contributed by atoms with Crippen LogP contribution in [0.25, 0.3) is 0 Å². The Balaban J connectivity index is 2.21. The second kappa shape index (κ2) is 6.34. The zero-order valence-corrected chi connectivity index (χ0v) is 9.35. The zero-order chi connectivity index (χ0) is 13.6. The average Bonchev–Trinajstić information content (AvgIpc) is 2.28. The van der Waals surface area contributed by atoms with E-state index in [0.717, 1.165) is 5.56 Å². The molecule has 18 heavy (non-hydrogen) atoms. The molecular formula is C11H12F4N2O. The molecule has 0 aromatic heterocycles. The van der Waals surface area contributed by atoms with Crippen molar-refractivity contribution in [3.8, 4) is 0 Å². The highest BCUT2D eigenvalue weighted by Gasteiger charge is 2.27. The van der Waals surface area contributed by atoms with Crippen molar-refractivity contribution < 1.29 is 22.4 Å². The van der Waals surface area contributed by atoms with Crippen LogP contribution < -0.4 is 10.6 Å². The van der Waals surface area contributed by atoms with Crippen LogP contribution in [0.1, 0.15) is 5.56 Å². The number of carbonyl (C=O) groups excluding carboxylic acids is 1. The van der Waals surface area contributed by atoms with Crippen molar-refractivity contribution in [1.82, 2.24) is 10.6 Å². The third-order valence-electron chi connectivity index (χ3n) is 2.01. The first-order valence-corrected chi connectivity index (χ1v) is 5.15. The van der Waals surface area contributed by atoms with Crippen molar-refractivity contribution in [2.45, 2.75) is 12.7 Å². The second-order valence-electron chi connectivity index (χ2n) is 3.62. The van der Waals surface area contributed by atoms with Crippen molar-refractivity contribution in [3.63, 3.8) is 0 Å². The Morgan fingerprint density at radius 3 is 2.33 bits per heavy atom. The lowest BCUT2D eigenvalue weighted by molar-refractivity contribution is -0.137. The van der Waals surface area contributed by atoms with E-state index in [1.807, 2.05) is 0 Å². The van der Waals surface area contributed by atoms with Crippen LogP contribution in [0.3, 0.4) is 0 Å². The van der Waals surface area contributed by atoms with Gasteiger partial charge in [-0.15, -0.1) is 0 Å². The number of carbonyl (C=O) groups is 1. The van der Waals surface area contributed by atoms with Gasteiger partial charge in [0, 0.05) is 6.54 Å². The summed E-state index contributed by atoms with van der Waals surface area (Å²) in [5, 5.41) is 4.39. The fourth-order valence-corrected chi connectivity index (χ4v) is 1.18. The van der Waals surface area contributed by atoms with Crippen molar-refractivity contribution in [3.05, 3.63) is 35.6 Å². The summed E-state index contributed by atoms with van der Waals surface area (Å²) in [6.07, 6.45) is -4.41. The fourth-order valence-electron chi connectivity index (χ4n) is 1.18. The van der Waals surface area contributed by atoms with Crippen LogP contribution in [0.4, 0.5) is 17.6 Å². The number of amides is 1. The number of alkyl halides is 3. The Bertz CT molecular complexity index is 389. The molecule has 2 N–H and O–H groups in total. The molecule has 0 aliphatic heterocycles. The van der Waals surface area contributed by atoms with Crippen LogP contribution in [0, 0.1) is 5.82 Å². The van der Waals surface area contributed by atoms with Crippen molar-refractivity contribution in [2.75, 3.05) is 13.1 Å². The highest BCUT2D eigenvalue weighted by molar-refractivity contribution is 5.77. The van der Waals surface area contributed by atoms with Crippen molar-refractivity contribution >= 4 is 5.91 Å². The second-order valence-corrected chi connectivity index (χ2v) is 3.62. The van der Waals surface area contributed by atoms with Gasteiger partial charge in [0.2, 0.25) is 5.91 Å². The van der Waals surface area contributed by atoms with Gasteiger partial charge in [0.25, 0.3) is 0 Å². The largest absolute Gasteiger partial charge is 0.405 e. The van der Waals surface area contributed by atoms with E-state index in [-0.39, 0.29) is 18.9 Å². The first kappa shape index (κ1) is 14.4. The van der Waals surface area contributed by atoms with E-state index >= 15 is 0 Å². The SMILES string of the molecule is O=C(CNCc1ccc(F)cc1)NCC(F)(F)F. The third-order valence-corrected chi connectivity index (χ3v) is 2.01. The van der Waals surface area contributed by atoms with E-state index < -0.39 is 18.6 Å². The van der Waals surface area contributed by atoms with Crippen molar-refractivity contribution in [1.29, 1.82) is 0 Å². The molecule has 3 nitrogen and oxygen atoms in total. The molecule has 1 aromatic carbocycles. The first-order chi connectivity index (χ1) is 8.37. The standard InChI is InChI=1S/C11H12F4N2O/c12-9-3-1-8(2-4-9)5-16-6-10(18)17-7-11(13,14)15/h1-4,16H,5-7H2,(H,17,18). The predicted molar refractivity (Wildman–Crippen MR) is 57.2 cm³/mol. The lowest BCUT2D eigenvalue weighted by atomic mass is 10.2. The topological polar surface area (TPSA) is 41.1 Å². The number of benzene rings is 1. The summed E-state index contributed by atoms with van der Waals surface area (Å²) in [6, 6.07) is 5.58. The third kappa shape index (κ3) is 6.19. The monoisotopic (exact) mass is 264 g/mol. The molecule has 1 rings (SSSR count). The van der Waals surface area contributed by atoms with Gasteiger partial charge < -0.3 is 10.6 Å². The molecule has 0 saturated heterocycles. The lowest BCUT2D eigenvalue weighted by Gasteiger charge is -2.09. The highest BCUT2D eigenvalue weighted by Crippen LogP contribution is 2.11. The van der Waals surface area contributed by atoms with Crippen LogP contribution in [0.5, 0.6) is 0 Å². The van der Waals surface area contributed by atoms with Crippen molar-refractivity contribution in [2.24, 2.45) is 0 Å². The minimum absolute atomic E-state index is 0.229. The summed E-state index contributed by atoms with van der Waals surface area (Å²) >= 11 is 0. The summed E-state index contributed by atoms with van der Waals surface area (Å²) in [5.41, 5.74) is 0.736. The van der Waals surface area contributed by atoms with Crippen LogP contribution in [0.15, 0.2) is 24.3 Å². The van der Waals surface area contributed by atoms with Gasteiger partial charge in [0.05, 0.1) is 6.54 Å². The van der Waals surface area contributed by atoms with E-state index in [1.54, 1.807) is 5.32 Å². The van der Waals surface area contributed by atoms with E-state index in [4.69, 9.17) is 0 Å². The predicted octanol–water partition coefficient (Wildman–Crippen LogP) is 1.59. The lowest BCUT2D eigenvalue weighted by Crippen LogP contribution is -2.39. The molecular weight excluding hydrogens is 252 g/mol. The van der Waals surface area contributed by atoms with E-state index in [9.17, 15) is 22.4 Å². The molecule has 0 saturated carbocycles. The first-order valence-electron chi connectivity index (χ1n) is 5.15. The van der Waals surface area contributed by atoms with Gasteiger partial charge in [0.1, 0.15) is 12.4 Å². The quantitative estimate of drug-likeness (QED) is 0.793. The summed E-state index contributed by atoms with van der Waals surface area (Å²) in [7, 11) is 0. The molecule has 1 aromatic rings. The molecule has 1 amide bonds. The smallest absolute Gasteiger partial charge is 0.346 e. The molecule has 0 aliphatic carbocycles. The Labute approximate surface area is 101 Å². The molecule has 0 heterocycles. The molecule has 0 unspecified atom stereocenters. The normalized spacial score (nSPS) is 11.3. The molecule has 7 heteroatoms. The molecule has 0 radical (unpaired) electrons. The van der Waals surface area contributed by atoms with Gasteiger partial charge >= 0.3 is 6.18 Å². The summed E-state index contributed by atoms with van der Waals surface area (Å²) in [6.45, 7) is -1.29. The van der Waals surface area contributed by atoms with Gasteiger partial charge in [0.15, 0.2) is 0 Å². The Kier molecular flexibility index (Phi) is 5.08. The Morgan fingerprint density at radius 2 is 1.78 bits per heavy atom. The summed E-state index contributed by atoms with van der Waals surface area (Å²) < 4.78 is 47.9. The Morgan fingerprint density at radius 1 is 1.17 bits per heavy atom. The minimum atomic E-state index is -4.41. The maximum absolute atomic E-state index is 12.6. The number of rotatable bonds is 5. The van der Waals surface area contributed by atoms with Gasteiger partial charge in [-0.2, -0.15) is 13.2 Å². The number of nitrogens with one attached hydrogen (secondary N) is 2. The van der Waals surface area contributed by atoms with Gasteiger partial charge in [-0.1, -0.05) is 12.1 Å². The number of hydrogen-bond donors (Lipinski definition) is 2. The van der Waals surface area contributed by atoms with E-state index in [2.05, 4.69) is 5.32 Å². The highest BCUT2D eigenvalue weighted by atomic mass is 19.4.